The molecule has 1 saturated carbocycles. The summed E-state index contributed by atoms with van der Waals surface area (Å²) in [6.45, 7) is 7.08. The minimum absolute atomic E-state index is 0.0286. The minimum atomic E-state index is -1.15. The maximum atomic E-state index is 13.5. The molecule has 35 heavy (non-hydrogen) atoms. The second-order valence-corrected chi connectivity index (χ2v) is 10.7. The molecule has 2 aliphatic heterocycles. The van der Waals surface area contributed by atoms with Crippen LogP contribution in [0.3, 0.4) is 0 Å². The van der Waals surface area contributed by atoms with E-state index in [2.05, 4.69) is 10.6 Å². The first-order valence-corrected chi connectivity index (χ1v) is 12.6. The van der Waals surface area contributed by atoms with Crippen molar-refractivity contribution in [2.45, 2.75) is 102 Å². The van der Waals surface area contributed by atoms with Gasteiger partial charge in [0, 0.05) is 18.9 Å². The predicted molar refractivity (Wildman–Crippen MR) is 127 cm³/mol. The van der Waals surface area contributed by atoms with Gasteiger partial charge in [-0.3, -0.25) is 9.59 Å². The van der Waals surface area contributed by atoms with Crippen LogP contribution >= 0.6 is 0 Å². The number of fused-ring (bicyclic) bond motifs is 2. The van der Waals surface area contributed by atoms with Crippen LogP contribution in [-0.4, -0.2) is 76.4 Å². The van der Waals surface area contributed by atoms with Crippen LogP contribution in [-0.2, 0) is 23.9 Å². The van der Waals surface area contributed by atoms with Crippen LogP contribution in [0.1, 0.15) is 72.6 Å². The summed E-state index contributed by atoms with van der Waals surface area (Å²) in [6, 6.07) is -1.85. The molecule has 10 nitrogen and oxygen atoms in total. The molecule has 3 amide bonds. The second kappa shape index (κ2) is 11.0. The number of rotatable bonds is 3. The highest BCUT2D eigenvalue weighted by molar-refractivity contribution is 5.96. The number of nitrogens with zero attached hydrogens (tertiary/aromatic N) is 1. The molecular weight excluding hydrogens is 454 g/mol. The average Bonchev–Trinajstić information content (AvgIpc) is 3.30. The SMILES string of the molecule is CCOC(=O)[C@@]12CC1/C=C\CCCCC[C@H](NC(=O)OC(C)(C)C)C(=O)N1C[C@@H](O)C[C@H]1C(=O)N2. The van der Waals surface area contributed by atoms with E-state index in [4.69, 9.17) is 9.47 Å². The summed E-state index contributed by atoms with van der Waals surface area (Å²) in [5.74, 6) is -1.62. The van der Waals surface area contributed by atoms with Crippen LogP contribution in [0.25, 0.3) is 0 Å². The molecule has 2 heterocycles. The lowest BCUT2D eigenvalue weighted by Crippen LogP contribution is -2.56. The Hall–Kier alpha value is -2.62. The first kappa shape index (κ1) is 27.0. The number of aliphatic hydroxyl groups is 1. The molecule has 196 valence electrons. The fourth-order valence-electron chi connectivity index (χ4n) is 4.77. The Balaban J connectivity index is 1.84. The lowest BCUT2D eigenvalue weighted by atomic mass is 10.0. The fourth-order valence-corrected chi connectivity index (χ4v) is 4.77. The van der Waals surface area contributed by atoms with Gasteiger partial charge in [0.05, 0.1) is 12.7 Å². The first-order valence-electron chi connectivity index (χ1n) is 12.6. The predicted octanol–water partition coefficient (Wildman–Crippen LogP) is 1.80. The number of alkyl carbamates (subject to hydrolysis) is 1. The average molecular weight is 494 g/mol. The van der Waals surface area contributed by atoms with Crippen LogP contribution in [0.15, 0.2) is 12.2 Å². The number of carbonyl (C=O) groups is 4. The third-order valence-electron chi connectivity index (χ3n) is 6.59. The van der Waals surface area contributed by atoms with Gasteiger partial charge in [-0.2, -0.15) is 0 Å². The Bertz CT molecular complexity index is 852. The van der Waals surface area contributed by atoms with Gasteiger partial charge < -0.3 is 30.1 Å². The quantitative estimate of drug-likeness (QED) is 0.403. The smallest absolute Gasteiger partial charge is 0.408 e. The highest BCUT2D eigenvalue weighted by atomic mass is 16.6. The van der Waals surface area contributed by atoms with Gasteiger partial charge in [0.1, 0.15) is 23.2 Å². The minimum Gasteiger partial charge on any atom is -0.464 e. The topological polar surface area (TPSA) is 134 Å². The molecule has 1 unspecified atom stereocenters. The van der Waals surface area contributed by atoms with Crippen LogP contribution in [0.5, 0.6) is 0 Å². The van der Waals surface area contributed by atoms with Crippen LogP contribution in [0, 0.1) is 5.92 Å². The fraction of sp³-hybridized carbons (Fsp3) is 0.760. The molecule has 0 aromatic carbocycles. The number of allylic oxidation sites excluding steroid dienone is 1. The molecule has 3 N–H and O–H groups in total. The van der Waals surface area contributed by atoms with Crippen molar-refractivity contribution in [3.05, 3.63) is 12.2 Å². The number of esters is 1. The summed E-state index contributed by atoms with van der Waals surface area (Å²) >= 11 is 0. The van der Waals surface area contributed by atoms with Crippen LogP contribution < -0.4 is 10.6 Å². The number of carbonyl (C=O) groups excluding carboxylic acids is 4. The van der Waals surface area contributed by atoms with Gasteiger partial charge in [-0.25, -0.2) is 9.59 Å². The van der Waals surface area contributed by atoms with E-state index in [0.29, 0.717) is 19.3 Å². The van der Waals surface area contributed by atoms with E-state index < -0.39 is 53.2 Å². The van der Waals surface area contributed by atoms with E-state index in [9.17, 15) is 24.3 Å². The highest BCUT2D eigenvalue weighted by Gasteiger charge is 2.62. The van der Waals surface area contributed by atoms with Crippen molar-refractivity contribution in [2.24, 2.45) is 5.92 Å². The molecule has 5 atom stereocenters. The molecule has 2 fully saturated rings. The molecule has 0 spiro atoms. The van der Waals surface area contributed by atoms with E-state index in [1.165, 1.54) is 4.90 Å². The van der Waals surface area contributed by atoms with Gasteiger partial charge >= 0.3 is 12.1 Å². The molecule has 0 aromatic rings. The van der Waals surface area contributed by atoms with Gasteiger partial charge in [0.2, 0.25) is 11.8 Å². The van der Waals surface area contributed by atoms with E-state index in [-0.39, 0.29) is 25.5 Å². The van der Waals surface area contributed by atoms with E-state index in [1.54, 1.807) is 27.7 Å². The van der Waals surface area contributed by atoms with Crippen LogP contribution in [0.2, 0.25) is 0 Å². The van der Waals surface area contributed by atoms with Crippen molar-refractivity contribution in [3.63, 3.8) is 0 Å². The Morgan fingerprint density at radius 3 is 2.69 bits per heavy atom. The number of hydrogen-bond acceptors (Lipinski definition) is 7. The molecule has 3 rings (SSSR count). The second-order valence-electron chi connectivity index (χ2n) is 10.7. The standard InChI is InChI=1S/C25H39N3O7/c1-5-34-22(32)25-14-16(25)11-9-7-6-8-10-12-18(26-23(33)35-24(2,3)4)21(31)28-15-17(29)13-19(28)20(30)27-25/h9,11,16-19,29H,5-8,10,12-15H2,1-4H3,(H,26,33)(H,27,30)/b11-9-/t16?,17-,18-,19-,25+/m0/s1. The number of ether oxygens (including phenoxy) is 2. The number of hydrogen-bond donors (Lipinski definition) is 3. The van der Waals surface area contributed by atoms with Gasteiger partial charge in [-0.1, -0.05) is 25.0 Å². The van der Waals surface area contributed by atoms with E-state index >= 15 is 0 Å². The molecular formula is C25H39N3O7. The third-order valence-corrected chi connectivity index (χ3v) is 6.59. The molecule has 1 saturated heterocycles. The number of amides is 3. The molecule has 1 aliphatic carbocycles. The summed E-state index contributed by atoms with van der Waals surface area (Å²) in [5.41, 5.74) is -1.88. The summed E-state index contributed by atoms with van der Waals surface area (Å²) in [4.78, 5) is 53.4. The normalized spacial score (nSPS) is 32.8. The van der Waals surface area contributed by atoms with E-state index in [0.717, 1.165) is 19.3 Å². The zero-order valence-electron chi connectivity index (χ0n) is 21.2. The van der Waals surface area contributed by atoms with Crippen molar-refractivity contribution in [2.75, 3.05) is 13.2 Å². The van der Waals surface area contributed by atoms with Crippen molar-refractivity contribution in [1.82, 2.24) is 15.5 Å². The summed E-state index contributed by atoms with van der Waals surface area (Å²) in [6.07, 6.45) is 6.49. The Labute approximate surface area is 206 Å². The maximum Gasteiger partial charge on any atom is 0.408 e. The van der Waals surface area contributed by atoms with Crippen molar-refractivity contribution < 1.29 is 33.8 Å². The highest BCUT2D eigenvalue weighted by Crippen LogP contribution is 2.46. The van der Waals surface area contributed by atoms with Crippen LogP contribution in [0.4, 0.5) is 4.79 Å². The molecule has 0 radical (unpaired) electrons. The van der Waals surface area contributed by atoms with Crippen molar-refractivity contribution in [3.8, 4) is 0 Å². The van der Waals surface area contributed by atoms with Gasteiger partial charge in [0.25, 0.3) is 0 Å². The lowest BCUT2D eigenvalue weighted by Gasteiger charge is -2.30. The number of aliphatic hydroxyl groups excluding tert-OH is 1. The largest absolute Gasteiger partial charge is 0.464 e. The molecule has 0 aromatic heterocycles. The zero-order valence-corrected chi connectivity index (χ0v) is 21.2. The molecule has 10 heteroatoms. The summed E-state index contributed by atoms with van der Waals surface area (Å²) in [7, 11) is 0. The van der Waals surface area contributed by atoms with Crippen molar-refractivity contribution >= 4 is 23.9 Å². The van der Waals surface area contributed by atoms with Gasteiger partial charge in [-0.15, -0.1) is 0 Å². The molecule has 3 aliphatic rings. The monoisotopic (exact) mass is 493 g/mol. The Morgan fingerprint density at radius 2 is 2.00 bits per heavy atom. The van der Waals surface area contributed by atoms with Crippen molar-refractivity contribution in [1.29, 1.82) is 0 Å². The number of nitrogens with one attached hydrogen (secondary N) is 2. The summed E-state index contributed by atoms with van der Waals surface area (Å²) in [5, 5.41) is 15.8. The van der Waals surface area contributed by atoms with E-state index in [1.807, 2.05) is 12.2 Å². The first-order chi connectivity index (χ1) is 16.5. The van der Waals surface area contributed by atoms with Gasteiger partial charge in [0.15, 0.2) is 0 Å². The summed E-state index contributed by atoms with van der Waals surface area (Å²) < 4.78 is 10.6. The Morgan fingerprint density at radius 1 is 1.26 bits per heavy atom. The molecule has 0 bridgehead atoms. The zero-order chi connectivity index (χ0) is 25.8. The maximum absolute atomic E-state index is 13.5. The lowest BCUT2D eigenvalue weighted by molar-refractivity contribution is -0.150. The third kappa shape index (κ3) is 6.74. The Kier molecular flexibility index (Phi) is 8.46. The van der Waals surface area contributed by atoms with Gasteiger partial charge in [-0.05, 0) is 53.4 Å².